The number of nitrogen functional groups attached to an aromatic ring is 1. The van der Waals surface area contributed by atoms with E-state index < -0.39 is 24.2 Å². The highest BCUT2D eigenvalue weighted by molar-refractivity contribution is 6.31. The van der Waals surface area contributed by atoms with Crippen LogP contribution in [0.3, 0.4) is 0 Å². The molecule has 0 saturated heterocycles. The Morgan fingerprint density at radius 1 is 1.69 bits per heavy atom. The van der Waals surface area contributed by atoms with Crippen molar-refractivity contribution < 1.29 is 18.8 Å². The van der Waals surface area contributed by atoms with Crippen LogP contribution >= 0.6 is 11.6 Å². The summed E-state index contributed by atoms with van der Waals surface area (Å²) in [6.07, 6.45) is -2.08. The van der Waals surface area contributed by atoms with E-state index in [1.807, 2.05) is 0 Å². The van der Waals surface area contributed by atoms with Gasteiger partial charge in [-0.25, -0.2) is 0 Å². The molecule has 0 aliphatic rings. The van der Waals surface area contributed by atoms with Gasteiger partial charge in [-0.05, 0) is 18.2 Å². The van der Waals surface area contributed by atoms with Gasteiger partial charge in [0.1, 0.15) is 6.02 Å². The minimum Gasteiger partial charge on any atom is -0.480 e. The summed E-state index contributed by atoms with van der Waals surface area (Å²) >= 11 is 5.63. The van der Waals surface area contributed by atoms with E-state index in [1.165, 1.54) is 6.07 Å². The number of rotatable bonds is 4. The third-order valence-electron chi connectivity index (χ3n) is 1.74. The molecule has 1 aromatic carbocycles. The van der Waals surface area contributed by atoms with Gasteiger partial charge < -0.3 is 16.6 Å². The number of benzene rings is 1. The molecule has 0 heterocycles. The lowest BCUT2D eigenvalue weighted by Gasteiger charge is -2.07. The van der Waals surface area contributed by atoms with Crippen molar-refractivity contribution in [2.45, 2.75) is 12.4 Å². The van der Waals surface area contributed by atoms with Crippen molar-refractivity contribution in [3.05, 3.63) is 28.8 Å². The molecule has 0 radical (unpaired) electrons. The van der Waals surface area contributed by atoms with Crippen molar-refractivity contribution in [1.82, 2.24) is 0 Å². The summed E-state index contributed by atoms with van der Waals surface area (Å²) in [5.74, 6) is -2.86. The summed E-state index contributed by atoms with van der Waals surface area (Å²) < 4.78 is 22.3. The van der Waals surface area contributed by atoms with E-state index in [0.717, 1.165) is 6.07 Å². The third kappa shape index (κ3) is 2.95. The summed E-state index contributed by atoms with van der Waals surface area (Å²) in [6, 6.07) is -0.714. The highest BCUT2D eigenvalue weighted by atomic mass is 35.5. The molecule has 0 spiro atoms. The van der Waals surface area contributed by atoms with Gasteiger partial charge in [0, 0.05) is 24.0 Å². The molecule has 1 rings (SSSR count). The van der Waals surface area contributed by atoms with Gasteiger partial charge in [-0.1, -0.05) is 11.6 Å². The Bertz CT molecular complexity index is 551. The Hall–Kier alpha value is -1.59. The number of hydrogen-bond donors (Lipinski definition) is 3. The van der Waals surface area contributed by atoms with Gasteiger partial charge in [-0.15, -0.1) is 0 Å². The van der Waals surface area contributed by atoms with Crippen molar-refractivity contribution in [2.75, 3.05) is 5.73 Å². The molecule has 0 aliphatic carbocycles. The first-order valence-electron chi connectivity index (χ1n) is 5.71. The molecule has 5 N–H and O–H groups in total. The van der Waals surface area contributed by atoms with Gasteiger partial charge >= 0.3 is 5.97 Å². The second-order valence-electron chi connectivity index (χ2n) is 2.90. The zero-order chi connectivity index (χ0) is 15.0. The Balaban J connectivity index is 3.22. The Kier molecular flexibility index (Phi) is 2.65. The van der Waals surface area contributed by atoms with Crippen molar-refractivity contribution in [3.8, 4) is 0 Å². The number of carbonyl (C=O) groups is 2. The van der Waals surface area contributed by atoms with Crippen LogP contribution < -0.4 is 11.5 Å². The van der Waals surface area contributed by atoms with Crippen LogP contribution in [-0.4, -0.2) is 22.9 Å². The van der Waals surface area contributed by atoms with Crippen LogP contribution in [0.25, 0.3) is 0 Å². The number of nitrogens with two attached hydrogens (primary N) is 2. The first-order chi connectivity index (χ1) is 8.60. The number of aliphatic carboxylic acids is 1. The summed E-state index contributed by atoms with van der Waals surface area (Å²) in [5, 5.41) is 8.71. The maximum atomic E-state index is 11.9. The predicted octanol–water partition coefficient (Wildman–Crippen LogP) is 0.907. The van der Waals surface area contributed by atoms with Crippen molar-refractivity contribution in [1.29, 1.82) is 0 Å². The lowest BCUT2D eigenvalue weighted by Crippen LogP contribution is -2.32. The molecule has 2 atom stereocenters. The average Bonchev–Trinajstić information content (AvgIpc) is 2.34. The molecule has 0 bridgehead atoms. The van der Waals surface area contributed by atoms with Crippen molar-refractivity contribution >= 4 is 29.0 Å². The molecule has 86 valence electrons. The number of halogens is 1. The van der Waals surface area contributed by atoms with E-state index in [0.29, 0.717) is 0 Å². The standard InChI is InChI=1S/C10H11ClN2O3/c11-5-1-2-6(7(12)3-5)9(14)4-8(13)10(15)16/h1-3,8H,4,12-13H2,(H,15,16)/i3D,4D,8D. The van der Waals surface area contributed by atoms with Gasteiger partial charge in [-0.3, -0.25) is 9.59 Å². The lowest BCUT2D eigenvalue weighted by atomic mass is 10.0. The molecule has 0 aromatic heterocycles. The number of ketones is 1. The van der Waals surface area contributed by atoms with Gasteiger partial charge in [0.25, 0.3) is 0 Å². The molecule has 6 heteroatoms. The molecular formula is C10H11ClN2O3. The SMILES string of the molecule is [2H]c1c(Cl)ccc(C(=O)C([2H])C([2H])(N)C(=O)O)c1N. The molecular weight excluding hydrogens is 232 g/mol. The first kappa shape index (κ1) is 8.55. The van der Waals surface area contributed by atoms with Gasteiger partial charge in [0.05, 0.1) is 2.74 Å². The molecule has 16 heavy (non-hydrogen) atoms. The van der Waals surface area contributed by atoms with E-state index in [1.54, 1.807) is 0 Å². The fraction of sp³-hybridized carbons (Fsp3) is 0.200. The van der Waals surface area contributed by atoms with Gasteiger partial charge in [0.2, 0.25) is 0 Å². The van der Waals surface area contributed by atoms with E-state index in [-0.39, 0.29) is 22.3 Å². The number of carboxylic acids is 1. The van der Waals surface area contributed by atoms with Crippen LogP contribution in [0, 0.1) is 0 Å². The Labute approximate surface area is 101 Å². The monoisotopic (exact) mass is 245 g/mol. The smallest absolute Gasteiger partial charge is 0.320 e. The summed E-state index contributed by atoms with van der Waals surface area (Å²) in [6.45, 7) is 0. The minimum atomic E-state index is -2.80. The molecule has 0 amide bonds. The fourth-order valence-corrected chi connectivity index (χ4v) is 1.14. The number of carbonyl (C=O) groups excluding carboxylic acids is 1. The second kappa shape index (κ2) is 4.96. The average molecular weight is 246 g/mol. The predicted molar refractivity (Wildman–Crippen MR) is 60.4 cm³/mol. The quantitative estimate of drug-likeness (QED) is 0.540. The Morgan fingerprint density at radius 2 is 2.31 bits per heavy atom. The zero-order valence-corrected chi connectivity index (χ0v) is 8.78. The maximum absolute atomic E-state index is 11.9. The summed E-state index contributed by atoms with van der Waals surface area (Å²) in [5.41, 5.74) is 10.1. The summed E-state index contributed by atoms with van der Waals surface area (Å²) in [4.78, 5) is 22.7. The number of carboxylic acid groups (broad SMARTS) is 1. The highest BCUT2D eigenvalue weighted by Gasteiger charge is 2.18. The number of hydrogen-bond acceptors (Lipinski definition) is 4. The van der Waals surface area contributed by atoms with Crippen molar-refractivity contribution in [2.24, 2.45) is 5.73 Å². The topological polar surface area (TPSA) is 106 Å². The maximum Gasteiger partial charge on any atom is 0.320 e. The Morgan fingerprint density at radius 3 is 2.88 bits per heavy atom. The number of Topliss-reactive ketones (excluding diaryl/α,β-unsaturated/α-hetero) is 1. The van der Waals surface area contributed by atoms with Crippen LogP contribution in [0.4, 0.5) is 5.69 Å². The molecule has 2 unspecified atom stereocenters. The van der Waals surface area contributed by atoms with E-state index in [9.17, 15) is 9.59 Å². The molecule has 0 saturated carbocycles. The van der Waals surface area contributed by atoms with Crippen LogP contribution in [0.15, 0.2) is 18.2 Å². The van der Waals surface area contributed by atoms with Gasteiger partial charge in [0.15, 0.2) is 5.78 Å². The van der Waals surface area contributed by atoms with Crippen LogP contribution in [0.2, 0.25) is 5.02 Å². The molecule has 0 fully saturated rings. The normalized spacial score (nSPS) is 18.8. The first-order valence-corrected chi connectivity index (χ1v) is 4.51. The minimum absolute atomic E-state index is 0.0127. The fourth-order valence-electron chi connectivity index (χ4n) is 0.980. The van der Waals surface area contributed by atoms with E-state index >= 15 is 0 Å². The summed E-state index contributed by atoms with van der Waals surface area (Å²) in [7, 11) is 0. The third-order valence-corrected chi connectivity index (χ3v) is 1.96. The van der Waals surface area contributed by atoms with Gasteiger partial charge in [-0.2, -0.15) is 0 Å². The number of anilines is 1. The molecule has 5 nitrogen and oxygen atoms in total. The molecule has 1 aromatic rings. The highest BCUT2D eigenvalue weighted by Crippen LogP contribution is 2.19. The van der Waals surface area contributed by atoms with E-state index in [2.05, 4.69) is 0 Å². The van der Waals surface area contributed by atoms with Crippen molar-refractivity contribution in [3.63, 3.8) is 0 Å². The largest absolute Gasteiger partial charge is 0.480 e. The van der Waals surface area contributed by atoms with Crippen LogP contribution in [0.1, 0.15) is 20.9 Å². The molecule has 0 aliphatic heterocycles. The van der Waals surface area contributed by atoms with E-state index in [4.69, 9.17) is 32.3 Å². The second-order valence-corrected chi connectivity index (χ2v) is 3.31. The van der Waals surface area contributed by atoms with Crippen LogP contribution in [-0.2, 0) is 4.79 Å². The van der Waals surface area contributed by atoms with Crippen LogP contribution in [0.5, 0.6) is 0 Å². The zero-order valence-electron chi connectivity index (χ0n) is 11.0. The lowest BCUT2D eigenvalue weighted by molar-refractivity contribution is -0.138.